The fourth-order valence-electron chi connectivity index (χ4n) is 2.49. The predicted molar refractivity (Wildman–Crippen MR) is 73.8 cm³/mol. The van der Waals surface area contributed by atoms with E-state index in [1.807, 2.05) is 0 Å². The molecule has 0 spiro atoms. The number of carbonyl (C=O) groups excluding carboxylic acids is 1. The minimum atomic E-state index is -4.79. The highest BCUT2D eigenvalue weighted by Crippen LogP contribution is 2.30. The van der Waals surface area contributed by atoms with Gasteiger partial charge in [-0.05, 0) is 31.0 Å². The third-order valence-corrected chi connectivity index (χ3v) is 3.83. The van der Waals surface area contributed by atoms with Crippen LogP contribution < -0.4 is 4.74 Å². The molecule has 0 saturated carbocycles. The minimum absolute atomic E-state index is 0.0971. The fraction of sp³-hybridized carbons (Fsp3) is 0.467. The first kappa shape index (κ1) is 17.1. The van der Waals surface area contributed by atoms with E-state index in [2.05, 4.69) is 4.74 Å². The standard InChI is InChI=1S/C15H16F3NO4/c1-14(13(21)22)5-6-19(9-14)12(20)8-10-3-2-4-11(7-10)23-15(16,17)18/h2-4,7H,5-6,8-9H2,1H3,(H,21,22). The molecule has 0 radical (unpaired) electrons. The van der Waals surface area contributed by atoms with Gasteiger partial charge in [-0.2, -0.15) is 0 Å². The first-order valence-electron chi connectivity index (χ1n) is 6.95. The number of alkyl halides is 3. The lowest BCUT2D eigenvalue weighted by Gasteiger charge is -2.20. The van der Waals surface area contributed by atoms with Crippen molar-refractivity contribution < 1.29 is 32.6 Å². The van der Waals surface area contributed by atoms with E-state index in [0.717, 1.165) is 12.1 Å². The molecular weight excluding hydrogens is 315 g/mol. The van der Waals surface area contributed by atoms with Crippen molar-refractivity contribution >= 4 is 11.9 Å². The summed E-state index contributed by atoms with van der Waals surface area (Å²) in [6, 6.07) is 5.19. The maximum Gasteiger partial charge on any atom is 0.573 e. The van der Waals surface area contributed by atoms with E-state index in [-0.39, 0.29) is 24.6 Å². The number of carbonyl (C=O) groups is 2. The number of ether oxygens (including phenoxy) is 1. The van der Waals surface area contributed by atoms with Gasteiger partial charge in [-0.3, -0.25) is 9.59 Å². The third kappa shape index (κ3) is 4.37. The van der Waals surface area contributed by atoms with Crippen LogP contribution in [0, 0.1) is 5.41 Å². The molecule has 1 atom stereocenters. The van der Waals surface area contributed by atoms with Crippen LogP contribution >= 0.6 is 0 Å². The van der Waals surface area contributed by atoms with Crippen LogP contribution in [0.4, 0.5) is 13.2 Å². The average Bonchev–Trinajstić information content (AvgIpc) is 2.81. The van der Waals surface area contributed by atoms with E-state index in [1.165, 1.54) is 17.0 Å². The number of hydrogen-bond donors (Lipinski definition) is 1. The van der Waals surface area contributed by atoms with Crippen molar-refractivity contribution in [3.8, 4) is 5.75 Å². The number of carboxylic acids is 1. The molecular formula is C15H16F3NO4. The lowest BCUT2D eigenvalue weighted by molar-refractivity contribution is -0.274. The number of hydrogen-bond acceptors (Lipinski definition) is 3. The number of likely N-dealkylation sites (tertiary alicyclic amines) is 1. The zero-order chi connectivity index (χ0) is 17.3. The summed E-state index contributed by atoms with van der Waals surface area (Å²) < 4.78 is 40.4. The van der Waals surface area contributed by atoms with Gasteiger partial charge in [0.05, 0.1) is 11.8 Å². The highest BCUT2D eigenvalue weighted by molar-refractivity contribution is 5.82. The predicted octanol–water partition coefficient (Wildman–Crippen LogP) is 2.45. The molecule has 1 aliphatic rings. The van der Waals surface area contributed by atoms with Gasteiger partial charge in [-0.1, -0.05) is 12.1 Å². The lowest BCUT2D eigenvalue weighted by Crippen LogP contribution is -2.35. The van der Waals surface area contributed by atoms with Crippen LogP contribution in [0.3, 0.4) is 0 Å². The normalized spacial score (nSPS) is 21.3. The van der Waals surface area contributed by atoms with E-state index >= 15 is 0 Å². The molecule has 1 N–H and O–H groups in total. The van der Waals surface area contributed by atoms with Gasteiger partial charge >= 0.3 is 12.3 Å². The van der Waals surface area contributed by atoms with Crippen molar-refractivity contribution in [1.82, 2.24) is 4.90 Å². The Labute approximate surface area is 130 Å². The van der Waals surface area contributed by atoms with Gasteiger partial charge in [-0.25, -0.2) is 0 Å². The lowest BCUT2D eigenvalue weighted by atomic mass is 9.90. The molecule has 1 unspecified atom stereocenters. The maximum atomic E-state index is 12.2. The van der Waals surface area contributed by atoms with Gasteiger partial charge in [0.1, 0.15) is 5.75 Å². The number of benzene rings is 1. The molecule has 0 aliphatic carbocycles. The van der Waals surface area contributed by atoms with E-state index in [1.54, 1.807) is 6.92 Å². The minimum Gasteiger partial charge on any atom is -0.481 e. The molecule has 0 bridgehead atoms. The summed E-state index contributed by atoms with van der Waals surface area (Å²) in [5.74, 6) is -1.67. The molecule has 1 amide bonds. The average molecular weight is 331 g/mol. The van der Waals surface area contributed by atoms with Crippen LogP contribution in [0.2, 0.25) is 0 Å². The summed E-state index contributed by atoms with van der Waals surface area (Å²) in [6.07, 6.45) is -4.54. The van der Waals surface area contributed by atoms with Gasteiger partial charge < -0.3 is 14.7 Å². The highest BCUT2D eigenvalue weighted by Gasteiger charge is 2.42. The fourth-order valence-corrected chi connectivity index (χ4v) is 2.49. The van der Waals surface area contributed by atoms with Crippen LogP contribution in [0.25, 0.3) is 0 Å². The van der Waals surface area contributed by atoms with Crippen LogP contribution in [0.15, 0.2) is 24.3 Å². The second-order valence-electron chi connectivity index (χ2n) is 5.80. The Bertz CT molecular complexity index is 617. The molecule has 1 saturated heterocycles. The van der Waals surface area contributed by atoms with E-state index in [9.17, 15) is 22.8 Å². The third-order valence-electron chi connectivity index (χ3n) is 3.83. The zero-order valence-corrected chi connectivity index (χ0v) is 12.4. The van der Waals surface area contributed by atoms with Crippen molar-refractivity contribution in [2.45, 2.75) is 26.1 Å². The Morgan fingerprint density at radius 2 is 2.09 bits per heavy atom. The second kappa shape index (κ2) is 6.10. The molecule has 126 valence electrons. The Morgan fingerprint density at radius 3 is 2.65 bits per heavy atom. The molecule has 1 heterocycles. The summed E-state index contributed by atoms with van der Waals surface area (Å²) >= 11 is 0. The molecule has 5 nitrogen and oxygen atoms in total. The van der Waals surface area contributed by atoms with E-state index in [4.69, 9.17) is 5.11 Å². The molecule has 8 heteroatoms. The highest BCUT2D eigenvalue weighted by atomic mass is 19.4. The van der Waals surface area contributed by atoms with Gasteiger partial charge in [0.2, 0.25) is 5.91 Å². The monoisotopic (exact) mass is 331 g/mol. The Kier molecular flexibility index (Phi) is 4.53. The van der Waals surface area contributed by atoms with Crippen LogP contribution in [-0.4, -0.2) is 41.3 Å². The first-order valence-corrected chi connectivity index (χ1v) is 6.95. The number of aliphatic carboxylic acids is 1. The Hall–Kier alpha value is -2.25. The molecule has 23 heavy (non-hydrogen) atoms. The molecule has 1 fully saturated rings. The first-order chi connectivity index (χ1) is 10.6. The number of nitrogens with zero attached hydrogens (tertiary/aromatic N) is 1. The van der Waals surface area contributed by atoms with Crippen molar-refractivity contribution in [3.05, 3.63) is 29.8 Å². The zero-order valence-electron chi connectivity index (χ0n) is 12.4. The van der Waals surface area contributed by atoms with Gasteiger partial charge in [0, 0.05) is 13.1 Å². The summed E-state index contributed by atoms with van der Waals surface area (Å²) in [5.41, 5.74) is -0.600. The van der Waals surface area contributed by atoms with Gasteiger partial charge in [0.25, 0.3) is 0 Å². The largest absolute Gasteiger partial charge is 0.573 e. The van der Waals surface area contributed by atoms with Crippen LogP contribution in [0.1, 0.15) is 18.9 Å². The molecule has 1 aliphatic heterocycles. The number of halogens is 3. The quantitative estimate of drug-likeness (QED) is 0.920. The summed E-state index contributed by atoms with van der Waals surface area (Å²) in [5, 5.41) is 9.15. The SMILES string of the molecule is CC1(C(=O)O)CCN(C(=O)Cc2cccc(OC(F)(F)F)c2)C1. The van der Waals surface area contributed by atoms with Crippen molar-refractivity contribution in [1.29, 1.82) is 0 Å². The van der Waals surface area contributed by atoms with Crippen LogP contribution in [0.5, 0.6) is 5.75 Å². The Morgan fingerprint density at radius 1 is 1.39 bits per heavy atom. The number of amides is 1. The summed E-state index contributed by atoms with van der Waals surface area (Å²) in [6.45, 7) is 1.99. The molecule has 1 aromatic carbocycles. The second-order valence-corrected chi connectivity index (χ2v) is 5.80. The number of carboxylic acid groups (broad SMARTS) is 1. The van der Waals surface area contributed by atoms with E-state index < -0.39 is 17.7 Å². The van der Waals surface area contributed by atoms with Gasteiger partial charge in [-0.15, -0.1) is 13.2 Å². The van der Waals surface area contributed by atoms with Crippen molar-refractivity contribution in [2.75, 3.05) is 13.1 Å². The smallest absolute Gasteiger partial charge is 0.481 e. The van der Waals surface area contributed by atoms with Crippen molar-refractivity contribution in [2.24, 2.45) is 5.41 Å². The molecule has 1 aromatic rings. The summed E-state index contributed by atoms with van der Waals surface area (Å²) in [7, 11) is 0. The topological polar surface area (TPSA) is 66.8 Å². The number of rotatable bonds is 4. The molecule has 2 rings (SSSR count). The van der Waals surface area contributed by atoms with Gasteiger partial charge in [0.15, 0.2) is 0 Å². The van der Waals surface area contributed by atoms with Crippen molar-refractivity contribution in [3.63, 3.8) is 0 Å². The van der Waals surface area contributed by atoms with E-state index in [0.29, 0.717) is 18.5 Å². The Balaban J connectivity index is 2.01. The molecule has 0 aromatic heterocycles. The van der Waals surface area contributed by atoms with Crippen LogP contribution in [-0.2, 0) is 16.0 Å². The maximum absolute atomic E-state index is 12.2. The summed E-state index contributed by atoms with van der Waals surface area (Å²) in [4.78, 5) is 24.8.